The Kier molecular flexibility index (Phi) is 5.83. The quantitative estimate of drug-likeness (QED) is 0.543. The number of fused-ring (bicyclic) bond motifs is 3. The number of nitrogens with two attached hydrogens (primary N) is 1. The number of Topliss-reactive ketones (excluding diaryl/α,β-unsaturated/α-hetero) is 1. The van der Waals surface area contributed by atoms with Crippen molar-refractivity contribution in [2.24, 2.45) is 17.1 Å². The summed E-state index contributed by atoms with van der Waals surface area (Å²) >= 11 is 0. The average molecular weight is 546 g/mol. The first kappa shape index (κ1) is 25.5. The van der Waals surface area contributed by atoms with E-state index >= 15 is 0 Å². The van der Waals surface area contributed by atoms with Crippen LogP contribution in [0.4, 0.5) is 13.2 Å². The number of carboxylic acids is 1. The Bertz CT molecular complexity index is 1390. The van der Waals surface area contributed by atoms with Gasteiger partial charge in [0.25, 0.3) is 0 Å². The number of allylic oxidation sites excluding steroid dienone is 1. The van der Waals surface area contributed by atoms with Crippen molar-refractivity contribution in [3.63, 3.8) is 0 Å². The fourth-order valence-electron chi connectivity index (χ4n) is 6.57. The number of aryl methyl sites for hydroxylation is 1. The molecule has 39 heavy (non-hydrogen) atoms. The van der Waals surface area contributed by atoms with Gasteiger partial charge in [-0.1, -0.05) is 31.1 Å². The van der Waals surface area contributed by atoms with E-state index in [0.29, 0.717) is 41.9 Å². The average Bonchev–Trinajstić information content (AvgIpc) is 3.51. The standard InChI is InChI=1S/C28H26F3NO7/c29-28(30,31)38-17-6-4-15-8-10-27(32,39-21(15)12-17)26(25(34)35)9-2-1-3-20(26)24(33)18-7-5-16-11-22-23(13-19(16)18)37-14-36-22/h4-7,11-13,18,20H,1-3,8-10,14,32H2,(H,34,35). The molecule has 11 heteroatoms. The van der Waals surface area contributed by atoms with E-state index in [-0.39, 0.29) is 37.6 Å². The topological polar surface area (TPSA) is 117 Å². The minimum absolute atomic E-state index is 0.0155. The van der Waals surface area contributed by atoms with Gasteiger partial charge in [-0.25, -0.2) is 0 Å². The number of benzene rings is 2. The highest BCUT2D eigenvalue weighted by atomic mass is 19.4. The van der Waals surface area contributed by atoms with Gasteiger partial charge in [0.15, 0.2) is 17.2 Å². The first-order chi connectivity index (χ1) is 18.5. The van der Waals surface area contributed by atoms with E-state index in [1.165, 1.54) is 12.1 Å². The van der Waals surface area contributed by atoms with Gasteiger partial charge in [-0.3, -0.25) is 15.3 Å². The molecule has 0 bridgehead atoms. The lowest BCUT2D eigenvalue weighted by Gasteiger charge is -2.52. The zero-order valence-electron chi connectivity index (χ0n) is 20.8. The Morgan fingerprint density at radius 3 is 2.56 bits per heavy atom. The molecule has 0 amide bonds. The molecule has 4 atom stereocenters. The smallest absolute Gasteiger partial charge is 0.481 e. The van der Waals surface area contributed by atoms with E-state index in [4.69, 9.17) is 19.9 Å². The molecule has 2 heterocycles. The summed E-state index contributed by atoms with van der Waals surface area (Å²) in [7, 11) is 0. The molecule has 206 valence electrons. The van der Waals surface area contributed by atoms with Gasteiger partial charge in [-0.15, -0.1) is 13.2 Å². The summed E-state index contributed by atoms with van der Waals surface area (Å²) in [5, 5.41) is 10.7. The minimum Gasteiger partial charge on any atom is -0.481 e. The lowest BCUT2D eigenvalue weighted by Crippen LogP contribution is -2.69. The third-order valence-corrected chi connectivity index (χ3v) is 8.41. The van der Waals surface area contributed by atoms with E-state index in [2.05, 4.69) is 4.74 Å². The van der Waals surface area contributed by atoms with Crippen molar-refractivity contribution in [1.82, 2.24) is 0 Å². The highest BCUT2D eigenvalue weighted by molar-refractivity contribution is 5.98. The number of aliphatic carboxylic acids is 1. The molecule has 8 nitrogen and oxygen atoms in total. The summed E-state index contributed by atoms with van der Waals surface area (Å²) < 4.78 is 59.5. The Balaban J connectivity index is 1.36. The number of hydrogen-bond donors (Lipinski definition) is 2. The number of hydrogen-bond acceptors (Lipinski definition) is 7. The SMILES string of the molecule is NC1(C2(C(=O)O)CCCCC2C(=O)C2C=Cc3cc4c(cc32)OCO4)CCc2ccc(OC(F)(F)F)cc2O1. The number of halogens is 3. The van der Waals surface area contributed by atoms with Crippen molar-refractivity contribution < 1.29 is 46.8 Å². The van der Waals surface area contributed by atoms with Gasteiger partial charge in [-0.05, 0) is 54.2 Å². The highest BCUT2D eigenvalue weighted by Gasteiger charge is 2.64. The van der Waals surface area contributed by atoms with Crippen LogP contribution in [0.3, 0.4) is 0 Å². The number of carbonyl (C=O) groups excluding carboxylic acids is 1. The Morgan fingerprint density at radius 2 is 1.82 bits per heavy atom. The molecule has 4 unspecified atom stereocenters. The number of alkyl halides is 3. The molecule has 4 aliphatic rings. The molecule has 1 saturated carbocycles. The predicted octanol–water partition coefficient (Wildman–Crippen LogP) is 4.93. The Labute approximate surface area is 221 Å². The molecule has 2 aliphatic carbocycles. The van der Waals surface area contributed by atoms with Gasteiger partial charge in [0.05, 0.1) is 5.92 Å². The molecule has 0 spiro atoms. The van der Waals surface area contributed by atoms with Gasteiger partial charge in [0.1, 0.15) is 22.7 Å². The van der Waals surface area contributed by atoms with Crippen LogP contribution in [-0.2, 0) is 16.0 Å². The van der Waals surface area contributed by atoms with Crippen LogP contribution in [0.15, 0.2) is 36.4 Å². The molecule has 3 N–H and O–H groups in total. The zero-order chi connectivity index (χ0) is 27.6. The molecule has 1 fully saturated rings. The third-order valence-electron chi connectivity index (χ3n) is 8.41. The molecule has 0 saturated heterocycles. The van der Waals surface area contributed by atoms with Gasteiger partial charge < -0.3 is 24.1 Å². The molecule has 6 rings (SSSR count). The van der Waals surface area contributed by atoms with Crippen molar-refractivity contribution in [3.8, 4) is 23.0 Å². The minimum atomic E-state index is -4.91. The zero-order valence-corrected chi connectivity index (χ0v) is 20.8. The summed E-state index contributed by atoms with van der Waals surface area (Å²) in [6.07, 6.45) is 0.506. The van der Waals surface area contributed by atoms with Crippen LogP contribution in [0.2, 0.25) is 0 Å². The van der Waals surface area contributed by atoms with Crippen molar-refractivity contribution >= 4 is 17.8 Å². The predicted molar refractivity (Wildman–Crippen MR) is 130 cm³/mol. The first-order valence-electron chi connectivity index (χ1n) is 12.8. The molecular weight excluding hydrogens is 519 g/mol. The lowest BCUT2D eigenvalue weighted by molar-refractivity contribution is -0.274. The summed E-state index contributed by atoms with van der Waals surface area (Å²) in [6, 6.07) is 7.22. The second-order valence-corrected chi connectivity index (χ2v) is 10.5. The van der Waals surface area contributed by atoms with Crippen LogP contribution in [0.1, 0.15) is 54.7 Å². The maximum absolute atomic E-state index is 14.2. The molecular formula is C28H26F3NO7. The second-order valence-electron chi connectivity index (χ2n) is 10.5. The van der Waals surface area contributed by atoms with E-state index < -0.39 is 41.1 Å². The van der Waals surface area contributed by atoms with E-state index in [0.717, 1.165) is 11.6 Å². The van der Waals surface area contributed by atoms with E-state index in [1.54, 1.807) is 24.3 Å². The molecule has 2 aliphatic heterocycles. The second kappa shape index (κ2) is 8.90. The van der Waals surface area contributed by atoms with Crippen LogP contribution in [0.5, 0.6) is 23.0 Å². The summed E-state index contributed by atoms with van der Waals surface area (Å²) in [6.45, 7) is 0.0789. The fraction of sp³-hybridized carbons (Fsp3) is 0.429. The number of carboxylic acid groups (broad SMARTS) is 1. The monoisotopic (exact) mass is 545 g/mol. The van der Waals surface area contributed by atoms with Crippen LogP contribution in [0, 0.1) is 11.3 Å². The maximum Gasteiger partial charge on any atom is 0.573 e. The lowest BCUT2D eigenvalue weighted by atomic mass is 9.56. The van der Waals surface area contributed by atoms with Gasteiger partial charge in [-0.2, -0.15) is 0 Å². The molecule has 2 aromatic carbocycles. The number of ketones is 1. The van der Waals surface area contributed by atoms with Gasteiger partial charge in [0, 0.05) is 18.4 Å². The molecule has 0 radical (unpaired) electrons. The summed E-state index contributed by atoms with van der Waals surface area (Å²) in [4.78, 5) is 27.3. The van der Waals surface area contributed by atoms with Crippen LogP contribution < -0.4 is 24.7 Å². The van der Waals surface area contributed by atoms with Gasteiger partial charge >= 0.3 is 12.3 Å². The fourth-order valence-corrected chi connectivity index (χ4v) is 6.57. The highest BCUT2D eigenvalue weighted by Crippen LogP contribution is 2.55. The van der Waals surface area contributed by atoms with Crippen LogP contribution >= 0.6 is 0 Å². The van der Waals surface area contributed by atoms with Crippen molar-refractivity contribution in [1.29, 1.82) is 0 Å². The van der Waals surface area contributed by atoms with E-state index in [9.17, 15) is 27.9 Å². The van der Waals surface area contributed by atoms with Crippen LogP contribution in [0.25, 0.3) is 6.08 Å². The Morgan fingerprint density at radius 1 is 1.05 bits per heavy atom. The summed E-state index contributed by atoms with van der Waals surface area (Å²) in [5.74, 6) is -2.64. The van der Waals surface area contributed by atoms with Gasteiger partial charge in [0.2, 0.25) is 6.79 Å². The Hall–Kier alpha value is -3.73. The number of carbonyl (C=O) groups is 2. The molecule has 2 aromatic rings. The normalized spacial score (nSPS) is 28.8. The first-order valence-corrected chi connectivity index (χ1v) is 12.8. The maximum atomic E-state index is 14.2. The van der Waals surface area contributed by atoms with Crippen molar-refractivity contribution in [2.45, 2.75) is 56.5 Å². The largest absolute Gasteiger partial charge is 0.573 e. The summed E-state index contributed by atoms with van der Waals surface area (Å²) in [5.41, 5.74) is 5.21. The van der Waals surface area contributed by atoms with Crippen molar-refractivity contribution in [3.05, 3.63) is 53.1 Å². The van der Waals surface area contributed by atoms with E-state index in [1.807, 2.05) is 0 Å². The van der Waals surface area contributed by atoms with Crippen molar-refractivity contribution in [2.75, 3.05) is 6.79 Å². The third kappa shape index (κ3) is 4.10. The number of ether oxygens (including phenoxy) is 4. The molecule has 0 aromatic heterocycles. The number of rotatable bonds is 5. The van der Waals surface area contributed by atoms with Crippen LogP contribution in [-0.4, -0.2) is 35.7 Å².